The van der Waals surface area contributed by atoms with E-state index in [0.29, 0.717) is 13.0 Å². The number of hydrogen-bond donors (Lipinski definition) is 0. The van der Waals surface area contributed by atoms with Crippen LogP contribution in [0.15, 0.2) is 83.1 Å². The Morgan fingerprint density at radius 1 is 0.897 bits per heavy atom. The Balaban J connectivity index is 2.16. The van der Waals surface area contributed by atoms with Crippen LogP contribution in [0.5, 0.6) is 0 Å². The minimum Gasteiger partial charge on any atom is -0.461 e. The summed E-state index contributed by atoms with van der Waals surface area (Å²) in [4.78, 5) is 12.0. The van der Waals surface area contributed by atoms with Crippen LogP contribution in [0.1, 0.15) is 131 Å². The van der Waals surface area contributed by atoms with Gasteiger partial charge in [-0.3, -0.25) is 4.79 Å². The number of hydrogen-bond acceptors (Lipinski definition) is 2. The van der Waals surface area contributed by atoms with E-state index in [9.17, 15) is 4.79 Å². The summed E-state index contributed by atoms with van der Waals surface area (Å²) in [6, 6.07) is 0. The van der Waals surface area contributed by atoms with Crippen molar-refractivity contribution < 1.29 is 9.53 Å². The van der Waals surface area contributed by atoms with Gasteiger partial charge in [-0.1, -0.05) is 124 Å². The van der Waals surface area contributed by atoms with Gasteiger partial charge in [0.2, 0.25) is 0 Å². The van der Waals surface area contributed by atoms with Gasteiger partial charge in [0.25, 0.3) is 0 Å². The molecule has 0 fully saturated rings. The molecule has 0 saturated carbocycles. The monoisotopic (exact) mass is 534 g/mol. The third-order valence-electron chi connectivity index (χ3n) is 7.50. The maximum atomic E-state index is 12.0. The molecular weight excluding hydrogens is 476 g/mol. The molecule has 0 unspecified atom stereocenters. The summed E-state index contributed by atoms with van der Waals surface area (Å²) in [5.74, 6) is -0.0888. The van der Waals surface area contributed by atoms with E-state index in [2.05, 4.69) is 89.3 Å². The highest BCUT2D eigenvalue weighted by atomic mass is 16.5. The first-order valence-electron chi connectivity index (χ1n) is 15.6. The molecule has 218 valence electrons. The van der Waals surface area contributed by atoms with Gasteiger partial charge < -0.3 is 4.74 Å². The zero-order valence-electron chi connectivity index (χ0n) is 26.2. The molecule has 0 bridgehead atoms. The van der Waals surface area contributed by atoms with Crippen LogP contribution in [0.4, 0.5) is 0 Å². The van der Waals surface area contributed by atoms with Gasteiger partial charge in [-0.2, -0.15) is 0 Å². The minimum absolute atomic E-state index is 0.0888. The number of esters is 1. The molecule has 1 aliphatic rings. The Bertz CT molecular complexity index is 902. The lowest BCUT2D eigenvalue weighted by Crippen LogP contribution is -2.19. The van der Waals surface area contributed by atoms with Crippen LogP contribution < -0.4 is 0 Å². The van der Waals surface area contributed by atoms with Crippen molar-refractivity contribution in [2.45, 2.75) is 131 Å². The highest BCUT2D eigenvalue weighted by molar-refractivity contribution is 5.69. The van der Waals surface area contributed by atoms with Crippen LogP contribution in [0, 0.1) is 5.41 Å². The van der Waals surface area contributed by atoms with Gasteiger partial charge in [-0.15, -0.1) is 0 Å². The van der Waals surface area contributed by atoms with Crippen molar-refractivity contribution in [3.63, 3.8) is 0 Å². The van der Waals surface area contributed by atoms with Crippen molar-refractivity contribution in [1.29, 1.82) is 0 Å². The van der Waals surface area contributed by atoms with Crippen LogP contribution in [-0.4, -0.2) is 12.6 Å². The molecule has 0 N–H and O–H groups in total. The highest BCUT2D eigenvalue weighted by Crippen LogP contribution is 2.40. The molecule has 1 rings (SSSR count). The number of allylic oxidation sites excluding steroid dienone is 13. The van der Waals surface area contributed by atoms with Gasteiger partial charge in [0, 0.05) is 6.42 Å². The molecule has 0 aromatic heterocycles. The summed E-state index contributed by atoms with van der Waals surface area (Å²) in [7, 11) is 0. The summed E-state index contributed by atoms with van der Waals surface area (Å²) >= 11 is 0. The first-order valence-corrected chi connectivity index (χ1v) is 15.6. The lowest BCUT2D eigenvalue weighted by Gasteiger charge is -2.32. The maximum Gasteiger partial charge on any atom is 0.306 e. The lowest BCUT2D eigenvalue weighted by molar-refractivity contribution is -0.142. The van der Waals surface area contributed by atoms with E-state index in [0.717, 1.165) is 31.3 Å². The Morgan fingerprint density at radius 3 is 2.31 bits per heavy atom. The van der Waals surface area contributed by atoms with Gasteiger partial charge >= 0.3 is 5.97 Å². The Hall–Kier alpha value is -2.35. The molecule has 2 nitrogen and oxygen atoms in total. The highest BCUT2D eigenvalue weighted by Gasteiger charge is 2.26. The molecule has 0 aromatic rings. The first kappa shape index (κ1) is 34.7. The second-order valence-electron chi connectivity index (χ2n) is 11.8. The number of carbonyl (C=O) groups is 1. The van der Waals surface area contributed by atoms with Crippen LogP contribution in [0.25, 0.3) is 0 Å². The number of unbranched alkanes of at least 4 members (excludes halogenated alkanes) is 7. The fourth-order valence-electron chi connectivity index (χ4n) is 4.93. The molecule has 0 aromatic carbocycles. The maximum absolute atomic E-state index is 12.0. The lowest BCUT2D eigenvalue weighted by atomic mass is 9.72. The average Bonchev–Trinajstić information content (AvgIpc) is 2.88. The summed E-state index contributed by atoms with van der Waals surface area (Å²) in [6.45, 7) is 13.7. The van der Waals surface area contributed by atoms with Crippen LogP contribution in [0.3, 0.4) is 0 Å². The van der Waals surface area contributed by atoms with E-state index in [1.807, 2.05) is 13.0 Å². The zero-order valence-corrected chi connectivity index (χ0v) is 26.2. The Labute approximate surface area is 241 Å². The summed E-state index contributed by atoms with van der Waals surface area (Å²) in [5, 5.41) is 0. The van der Waals surface area contributed by atoms with E-state index < -0.39 is 0 Å². The Kier molecular flexibility index (Phi) is 19.1. The Morgan fingerprint density at radius 2 is 1.59 bits per heavy atom. The predicted molar refractivity (Wildman–Crippen MR) is 172 cm³/mol. The van der Waals surface area contributed by atoms with Crippen molar-refractivity contribution in [3.05, 3.63) is 83.1 Å². The van der Waals surface area contributed by atoms with Crippen molar-refractivity contribution in [2.75, 3.05) is 6.61 Å². The van der Waals surface area contributed by atoms with Crippen LogP contribution >= 0.6 is 0 Å². The van der Waals surface area contributed by atoms with Gasteiger partial charge in [-0.05, 0) is 89.2 Å². The average molecular weight is 535 g/mol. The molecular formula is C37H58O2. The summed E-state index contributed by atoms with van der Waals surface area (Å²) in [6.07, 6.45) is 37.9. The third-order valence-corrected chi connectivity index (χ3v) is 7.50. The van der Waals surface area contributed by atoms with Gasteiger partial charge in [0.15, 0.2) is 0 Å². The van der Waals surface area contributed by atoms with Gasteiger partial charge in [0.1, 0.15) is 6.61 Å². The third kappa shape index (κ3) is 17.8. The molecule has 0 amide bonds. The van der Waals surface area contributed by atoms with E-state index in [4.69, 9.17) is 4.74 Å². The molecule has 0 saturated heterocycles. The summed E-state index contributed by atoms with van der Waals surface area (Å²) < 4.78 is 5.39. The van der Waals surface area contributed by atoms with Crippen molar-refractivity contribution in [1.82, 2.24) is 0 Å². The fraction of sp³-hybridized carbons (Fsp3) is 0.595. The number of rotatable bonds is 19. The molecule has 0 spiro atoms. The van der Waals surface area contributed by atoms with Crippen LogP contribution in [-0.2, 0) is 9.53 Å². The minimum atomic E-state index is -0.0888. The van der Waals surface area contributed by atoms with Crippen molar-refractivity contribution in [2.24, 2.45) is 5.41 Å². The molecule has 0 aliphatic heterocycles. The first-order chi connectivity index (χ1) is 18.8. The predicted octanol–water partition coefficient (Wildman–Crippen LogP) is 11.5. The van der Waals surface area contributed by atoms with E-state index in [-0.39, 0.29) is 11.4 Å². The van der Waals surface area contributed by atoms with E-state index in [1.54, 1.807) is 0 Å². The van der Waals surface area contributed by atoms with Gasteiger partial charge in [0.05, 0.1) is 0 Å². The van der Waals surface area contributed by atoms with Crippen molar-refractivity contribution in [3.8, 4) is 0 Å². The zero-order chi connectivity index (χ0) is 28.8. The molecule has 0 radical (unpaired) electrons. The molecule has 2 heteroatoms. The standard InChI is InChI=1S/C37H58O2/c1-7-8-9-10-11-12-13-14-15-16-17-18-19-20-26-36(38)39-31-29-33(3)24-21-23-32(2)27-28-35-34(4)25-22-30-37(35,5)6/h10-11,13-14,21,23-24,27-29H,7-9,12,15-20,22,25-26,30-31H2,1-6H3/b11-10-,14-13-,24-21+,28-27+,32-23+,33-29+. The quantitative estimate of drug-likeness (QED) is 0.0713. The normalized spacial score (nSPS) is 17.0. The SMILES string of the molecule is CCCC/C=C\C/C=C\CCCCCCCC(=O)OC/C=C(C)/C=C/C=C(C)/C=C/C1=C(C)CCCC1(C)C. The molecule has 0 heterocycles. The number of ether oxygens (including phenoxy) is 1. The molecule has 39 heavy (non-hydrogen) atoms. The second kappa shape index (κ2) is 21.5. The molecule has 1 aliphatic carbocycles. The van der Waals surface area contributed by atoms with Crippen LogP contribution in [0.2, 0.25) is 0 Å². The largest absolute Gasteiger partial charge is 0.461 e. The fourth-order valence-corrected chi connectivity index (χ4v) is 4.93. The molecule has 0 atom stereocenters. The van der Waals surface area contributed by atoms with E-state index >= 15 is 0 Å². The topological polar surface area (TPSA) is 26.3 Å². The number of carbonyl (C=O) groups excluding carboxylic acids is 1. The second-order valence-corrected chi connectivity index (χ2v) is 11.8. The smallest absolute Gasteiger partial charge is 0.306 e. The van der Waals surface area contributed by atoms with Crippen molar-refractivity contribution >= 4 is 5.97 Å². The summed E-state index contributed by atoms with van der Waals surface area (Å²) in [5.41, 5.74) is 5.62. The van der Waals surface area contributed by atoms with E-state index in [1.165, 1.54) is 74.5 Å². The van der Waals surface area contributed by atoms with Gasteiger partial charge in [-0.25, -0.2) is 0 Å².